The van der Waals surface area contributed by atoms with Gasteiger partial charge in [-0.25, -0.2) is 10.9 Å². The first kappa shape index (κ1) is 29.7. The van der Waals surface area contributed by atoms with E-state index in [4.69, 9.17) is 25.5 Å². The van der Waals surface area contributed by atoms with Crippen LogP contribution in [0.1, 0.15) is 81.4 Å². The van der Waals surface area contributed by atoms with Crippen LogP contribution in [0.4, 0.5) is 5.69 Å². The van der Waals surface area contributed by atoms with Gasteiger partial charge >= 0.3 is 0 Å². The zero-order valence-electron chi connectivity index (χ0n) is 24.9. The first-order valence-electron chi connectivity index (χ1n) is 13.6. The quantitative estimate of drug-likeness (QED) is 0.0975. The zero-order chi connectivity index (χ0) is 30.1. The number of rotatable bonds is 10. The Bertz CT molecular complexity index is 1450. The van der Waals surface area contributed by atoms with Gasteiger partial charge in [0.15, 0.2) is 24.0 Å². The Morgan fingerprint density at radius 1 is 1.17 bits per heavy atom. The molecule has 1 aliphatic carbocycles. The molecular weight excluding hydrogens is 522 g/mol. The van der Waals surface area contributed by atoms with Gasteiger partial charge in [-0.2, -0.15) is 0 Å². The lowest BCUT2D eigenvalue weighted by atomic mass is 9.84. The summed E-state index contributed by atoms with van der Waals surface area (Å²) in [7, 11) is 1.55. The number of carbonyl (C=O) groups excluding carboxylic acids is 2. The number of ketones is 1. The van der Waals surface area contributed by atoms with Crippen LogP contribution >= 0.6 is 0 Å². The minimum atomic E-state index is -0.462. The van der Waals surface area contributed by atoms with Crippen LogP contribution in [-0.2, 0) is 15.7 Å². The highest BCUT2D eigenvalue weighted by Crippen LogP contribution is 2.58. The molecule has 0 saturated heterocycles. The number of Topliss-reactive ketones (excluding diaryl/α,β-unsaturated/α-hetero) is 1. The molecule has 0 bridgehead atoms. The monoisotopic (exact) mass is 561 g/mol. The van der Waals surface area contributed by atoms with Gasteiger partial charge in [-0.05, 0) is 61.9 Å². The second kappa shape index (κ2) is 11.3. The average Bonchev–Trinajstić information content (AvgIpc) is 3.67. The van der Waals surface area contributed by atoms with Crippen LogP contribution in [0, 0.1) is 17.4 Å². The topological polar surface area (TPSA) is 130 Å². The van der Waals surface area contributed by atoms with Gasteiger partial charge in [-0.15, -0.1) is 0 Å². The molecule has 2 aromatic rings. The smallest absolute Gasteiger partial charge is 0.221 e. The number of hydrazine groups is 1. The van der Waals surface area contributed by atoms with Gasteiger partial charge in [0.2, 0.25) is 5.91 Å². The third-order valence-electron chi connectivity index (χ3n) is 7.30. The molecule has 10 heteroatoms. The van der Waals surface area contributed by atoms with Crippen LogP contribution in [0.15, 0.2) is 24.3 Å². The number of anilines is 1. The molecule has 10 nitrogen and oxygen atoms in total. The van der Waals surface area contributed by atoms with Gasteiger partial charge in [0.05, 0.1) is 31.5 Å². The molecule has 0 atom stereocenters. The van der Waals surface area contributed by atoms with Crippen molar-refractivity contribution in [2.45, 2.75) is 65.3 Å². The van der Waals surface area contributed by atoms with E-state index >= 15 is 0 Å². The van der Waals surface area contributed by atoms with Crippen LogP contribution in [-0.4, -0.2) is 54.4 Å². The largest absolute Gasteiger partial charge is 0.494 e. The summed E-state index contributed by atoms with van der Waals surface area (Å²) in [6.07, 6.45) is 1.61. The molecule has 0 radical (unpaired) electrons. The molecular formula is C31H39N5O5. The molecule has 2 aromatic carbocycles. The molecule has 0 unspecified atom stereocenters. The van der Waals surface area contributed by atoms with E-state index in [1.807, 2.05) is 50.8 Å². The number of benzene rings is 2. The first-order valence-corrected chi connectivity index (χ1v) is 13.6. The fourth-order valence-electron chi connectivity index (χ4n) is 5.31. The third kappa shape index (κ3) is 5.81. The van der Waals surface area contributed by atoms with Crippen molar-refractivity contribution in [1.29, 1.82) is 5.41 Å². The van der Waals surface area contributed by atoms with Crippen molar-refractivity contribution in [3.63, 3.8) is 0 Å². The molecule has 41 heavy (non-hydrogen) atoms. The number of nitrogens with two attached hydrogens (primary N) is 1. The molecule has 0 aromatic heterocycles. The molecule has 4 rings (SSSR count). The van der Waals surface area contributed by atoms with Gasteiger partial charge < -0.3 is 24.4 Å². The molecule has 1 amide bonds. The number of fused-ring (bicyclic) bond motifs is 2. The van der Waals surface area contributed by atoms with E-state index in [2.05, 4.69) is 17.3 Å². The van der Waals surface area contributed by atoms with Crippen molar-refractivity contribution < 1.29 is 23.8 Å². The minimum absolute atomic E-state index is 0.00572. The molecule has 1 aliphatic heterocycles. The van der Waals surface area contributed by atoms with E-state index < -0.39 is 5.54 Å². The molecule has 4 N–H and O–H groups in total. The molecule has 2 aliphatic rings. The average molecular weight is 562 g/mol. The maximum atomic E-state index is 13.8. The zero-order valence-corrected chi connectivity index (χ0v) is 24.9. The SMILES string of the molecule is CC#CN(N)COc1cc2c(cc1OCC)C(=N)N(CC(=O)c1cc(NC(C)=O)c(OC)c(C(C)(C)C)c1)C21CC1. The lowest BCUT2D eigenvalue weighted by molar-refractivity contribution is -0.114. The van der Waals surface area contributed by atoms with E-state index in [0.717, 1.165) is 24.0 Å². The highest BCUT2D eigenvalue weighted by atomic mass is 16.5. The lowest BCUT2D eigenvalue weighted by Gasteiger charge is -2.28. The van der Waals surface area contributed by atoms with Crippen molar-refractivity contribution >= 4 is 23.2 Å². The third-order valence-corrected chi connectivity index (χ3v) is 7.30. The van der Waals surface area contributed by atoms with Gasteiger partial charge in [0.25, 0.3) is 0 Å². The number of ether oxygens (including phenoxy) is 3. The molecule has 1 heterocycles. The van der Waals surface area contributed by atoms with E-state index in [1.165, 1.54) is 11.9 Å². The Kier molecular flexibility index (Phi) is 8.22. The minimum Gasteiger partial charge on any atom is -0.494 e. The normalized spacial score (nSPS) is 14.6. The van der Waals surface area contributed by atoms with E-state index in [0.29, 0.717) is 40.7 Å². The van der Waals surface area contributed by atoms with Gasteiger partial charge in [-0.1, -0.05) is 26.7 Å². The predicted octanol–water partition coefficient (Wildman–Crippen LogP) is 4.36. The van der Waals surface area contributed by atoms with Crippen LogP contribution < -0.4 is 25.4 Å². The Labute approximate surface area is 241 Å². The maximum absolute atomic E-state index is 13.8. The summed E-state index contributed by atoms with van der Waals surface area (Å²) in [6.45, 7) is 11.5. The number of hydrogen-bond donors (Lipinski definition) is 3. The fraction of sp³-hybridized carbons (Fsp3) is 0.452. The summed E-state index contributed by atoms with van der Waals surface area (Å²) in [4.78, 5) is 27.7. The van der Waals surface area contributed by atoms with Gasteiger partial charge in [0.1, 0.15) is 11.6 Å². The van der Waals surface area contributed by atoms with Crippen LogP contribution in [0.2, 0.25) is 0 Å². The summed E-state index contributed by atoms with van der Waals surface area (Å²) < 4.78 is 17.4. The second-order valence-electron chi connectivity index (χ2n) is 11.3. The standard InChI is InChI=1S/C31H39N5O5/c1-8-12-35(33)18-41-27-16-22-21(15-26(27)40-9-2)29(32)36(31(22)10-11-31)17-25(38)20-13-23(30(4,5)6)28(39-7)24(14-20)34-19(3)37/h13-16,32H,9-11,17-18,33H2,1-7H3,(H,34,37). The predicted molar refractivity (Wildman–Crippen MR) is 157 cm³/mol. The number of carbonyl (C=O) groups is 2. The molecule has 1 spiro atoms. The summed E-state index contributed by atoms with van der Waals surface area (Å²) in [5.74, 6) is 9.98. The van der Waals surface area contributed by atoms with Gasteiger partial charge in [-0.3, -0.25) is 15.0 Å². The summed E-state index contributed by atoms with van der Waals surface area (Å²) in [6, 6.07) is 9.92. The van der Waals surface area contributed by atoms with Gasteiger partial charge in [0, 0.05) is 29.7 Å². The second-order valence-corrected chi connectivity index (χ2v) is 11.3. The Hall–Kier alpha value is -4.23. The van der Waals surface area contributed by atoms with Crippen molar-refractivity contribution in [2.75, 3.05) is 32.3 Å². The number of nitrogens with one attached hydrogen (secondary N) is 2. The number of nitrogens with zero attached hydrogens (tertiary/aromatic N) is 2. The fourth-order valence-corrected chi connectivity index (χ4v) is 5.31. The van der Waals surface area contributed by atoms with E-state index in [-0.39, 0.29) is 36.2 Å². The first-order chi connectivity index (χ1) is 19.4. The number of hydrogen-bond acceptors (Lipinski definition) is 8. The van der Waals surface area contributed by atoms with Crippen molar-refractivity contribution in [3.05, 3.63) is 46.5 Å². The van der Waals surface area contributed by atoms with Crippen LogP contribution in [0.3, 0.4) is 0 Å². The molecule has 1 fully saturated rings. The van der Waals surface area contributed by atoms with Crippen molar-refractivity contribution in [2.24, 2.45) is 5.84 Å². The Morgan fingerprint density at radius 2 is 1.85 bits per heavy atom. The molecule has 1 saturated carbocycles. The van der Waals surface area contributed by atoms with Crippen molar-refractivity contribution in [3.8, 4) is 29.2 Å². The van der Waals surface area contributed by atoms with E-state index in [9.17, 15) is 9.59 Å². The lowest BCUT2D eigenvalue weighted by Crippen LogP contribution is -2.38. The van der Waals surface area contributed by atoms with Crippen LogP contribution in [0.5, 0.6) is 17.2 Å². The van der Waals surface area contributed by atoms with Crippen molar-refractivity contribution in [1.82, 2.24) is 9.91 Å². The summed E-state index contributed by atoms with van der Waals surface area (Å²) in [5, 5.41) is 13.1. The number of amides is 1. The highest BCUT2D eigenvalue weighted by Gasteiger charge is 2.57. The Balaban J connectivity index is 1.68. The Morgan fingerprint density at radius 3 is 2.41 bits per heavy atom. The summed E-state index contributed by atoms with van der Waals surface area (Å²) >= 11 is 0. The maximum Gasteiger partial charge on any atom is 0.221 e. The number of methoxy groups -OCH3 is 1. The summed E-state index contributed by atoms with van der Waals surface area (Å²) in [5.41, 5.74) is 2.53. The van der Waals surface area contributed by atoms with Crippen LogP contribution in [0.25, 0.3) is 0 Å². The molecule has 218 valence electrons. The highest BCUT2D eigenvalue weighted by molar-refractivity contribution is 6.08. The van der Waals surface area contributed by atoms with E-state index in [1.54, 1.807) is 20.1 Å². The number of amidine groups is 1.